The maximum Gasteiger partial charge on any atom is 0.410 e. The van der Waals surface area contributed by atoms with E-state index < -0.39 is 28.8 Å². The second-order valence-corrected chi connectivity index (χ2v) is 19.6. The number of aliphatic hydroxyl groups excluding tert-OH is 3. The number of allylic oxidation sites excluding steroid dienone is 1. The highest BCUT2D eigenvalue weighted by Gasteiger charge is 2.65. The minimum absolute atomic E-state index is 0.000303. The molecular formula is C58H79N3O13. The van der Waals surface area contributed by atoms with Crippen LogP contribution in [0.25, 0.3) is 0 Å². The van der Waals surface area contributed by atoms with Gasteiger partial charge >= 0.3 is 6.09 Å². The molecule has 74 heavy (non-hydrogen) atoms. The van der Waals surface area contributed by atoms with Crippen LogP contribution in [0.3, 0.4) is 0 Å². The number of ether oxygens (including phenoxy) is 5. The van der Waals surface area contributed by atoms with E-state index in [9.17, 15) is 35.0 Å². The maximum atomic E-state index is 14.9. The van der Waals surface area contributed by atoms with Gasteiger partial charge in [0.05, 0.1) is 49.6 Å². The summed E-state index contributed by atoms with van der Waals surface area (Å²) in [6.45, 7) is 6.58. The molecule has 1 heterocycles. The molecule has 0 unspecified atom stereocenters. The van der Waals surface area contributed by atoms with Crippen molar-refractivity contribution >= 4 is 23.8 Å². The first-order valence-electron chi connectivity index (χ1n) is 27.0. The van der Waals surface area contributed by atoms with Gasteiger partial charge in [0.1, 0.15) is 36.2 Å². The van der Waals surface area contributed by atoms with Crippen LogP contribution in [0.5, 0.6) is 17.2 Å². The summed E-state index contributed by atoms with van der Waals surface area (Å²) in [6, 6.07) is 17.8. The summed E-state index contributed by atoms with van der Waals surface area (Å²) < 4.78 is 33.0. The van der Waals surface area contributed by atoms with Gasteiger partial charge in [-0.3, -0.25) is 19.8 Å². The van der Waals surface area contributed by atoms with Gasteiger partial charge in [-0.1, -0.05) is 107 Å². The number of fused-ring (bicyclic) bond motifs is 2. The lowest BCUT2D eigenvalue weighted by atomic mass is 9.55. The number of non-ortho nitro benzene ring substituents is 1. The van der Waals surface area contributed by atoms with E-state index in [1.165, 1.54) is 50.7 Å². The molecule has 2 aliphatic carbocycles. The maximum absolute atomic E-state index is 14.9. The van der Waals surface area contributed by atoms with E-state index in [1.807, 2.05) is 18.2 Å². The van der Waals surface area contributed by atoms with E-state index in [0.717, 1.165) is 55.9 Å². The van der Waals surface area contributed by atoms with Crippen LogP contribution < -0.4 is 9.47 Å². The lowest BCUT2D eigenvalue weighted by Crippen LogP contribution is -2.70. The Hall–Kier alpha value is -5.65. The van der Waals surface area contributed by atoms with Crippen LogP contribution in [0, 0.1) is 27.9 Å². The van der Waals surface area contributed by atoms with E-state index >= 15 is 0 Å². The molecule has 1 aliphatic heterocycles. The first-order chi connectivity index (χ1) is 36.2. The molecule has 3 aromatic rings. The van der Waals surface area contributed by atoms with Crippen molar-refractivity contribution in [3.05, 3.63) is 118 Å². The summed E-state index contributed by atoms with van der Waals surface area (Å²) >= 11 is 0. The number of nitro benzene ring substituents is 1. The fraction of sp³-hybridized carbons (Fsp3) is 0.569. The van der Waals surface area contributed by atoms with E-state index in [0.29, 0.717) is 59.8 Å². The Balaban J connectivity index is 1.46. The molecule has 16 heteroatoms. The summed E-state index contributed by atoms with van der Waals surface area (Å²) in [7, 11) is 0. The number of carbonyl (C=O) groups excluding carboxylic acids is 2. The van der Waals surface area contributed by atoms with Crippen LogP contribution in [0.1, 0.15) is 143 Å². The normalized spacial score (nSPS) is 21.2. The van der Waals surface area contributed by atoms with Gasteiger partial charge in [0, 0.05) is 55.4 Å². The van der Waals surface area contributed by atoms with Crippen LogP contribution in [0.2, 0.25) is 0 Å². The molecule has 3 aromatic carbocycles. The zero-order valence-electron chi connectivity index (χ0n) is 43.3. The number of carbonyl (C=O) groups is 2. The number of nitrogens with zero attached hydrogens (tertiary/aromatic N) is 3. The number of aldehydes is 1. The molecule has 6 atom stereocenters. The van der Waals surface area contributed by atoms with Crippen molar-refractivity contribution in [3.63, 3.8) is 0 Å². The molecule has 6 rings (SSSR count). The summed E-state index contributed by atoms with van der Waals surface area (Å²) in [5.74, 6) is -1.15. The molecule has 1 saturated carbocycles. The van der Waals surface area contributed by atoms with Crippen molar-refractivity contribution in [1.82, 2.24) is 4.90 Å². The number of unbranched alkanes of at least 4 members (excludes halogenated alkanes) is 11. The third-order valence-corrected chi connectivity index (χ3v) is 14.5. The zero-order valence-corrected chi connectivity index (χ0v) is 43.3. The van der Waals surface area contributed by atoms with Crippen LogP contribution in [-0.4, -0.2) is 108 Å². The standard InChI is InChI=1S/C58H79N3O13/c1-3-5-6-7-8-9-10-11-12-17-34-70-57(66)60(29-35-69-36-32-64)54-40-52(59-72-42-43-23-25-46(26-24-43)61(67)68)50-38-45(20-13-15-30-62)49(22-14-16-31-63)55-51-39-48(73-47-21-18-19-44(37-47)41-65)27-28-53(51)74-58(54,56(50)55)71-33-4-2/h4,18-19,21,23-28,37-39,41,45,49,54-56,62-64H,2-3,5-17,20,22,29-36,40,42H2,1H3/t45-,49+,54-,55+,56+,58+/m0/s1. The minimum atomic E-state index is -1.58. The Kier molecular flexibility index (Phi) is 23.9. The van der Waals surface area contributed by atoms with Crippen LogP contribution in [-0.2, 0) is 25.7 Å². The third-order valence-electron chi connectivity index (χ3n) is 14.5. The highest BCUT2D eigenvalue weighted by molar-refractivity contribution is 6.03. The molecule has 3 aliphatic rings. The molecule has 404 valence electrons. The molecule has 3 N–H and O–H groups in total. The number of hydrogen-bond donors (Lipinski definition) is 3. The summed E-state index contributed by atoms with van der Waals surface area (Å²) in [6.07, 6.45) is 19.6. The lowest BCUT2D eigenvalue weighted by Gasteiger charge is -2.59. The first-order valence-corrected chi connectivity index (χ1v) is 27.0. The van der Waals surface area contributed by atoms with Crippen LogP contribution >= 0.6 is 0 Å². The smallest absolute Gasteiger partial charge is 0.410 e. The highest BCUT2D eigenvalue weighted by atomic mass is 16.7. The Morgan fingerprint density at radius 2 is 1.58 bits per heavy atom. The molecule has 1 fully saturated rings. The molecule has 0 saturated heterocycles. The highest BCUT2D eigenvalue weighted by Crippen LogP contribution is 2.62. The Labute approximate surface area is 436 Å². The molecule has 1 amide bonds. The first kappa shape index (κ1) is 57.6. The van der Waals surface area contributed by atoms with Gasteiger partial charge in [0.2, 0.25) is 5.79 Å². The number of amides is 1. The Bertz CT molecular complexity index is 2290. The lowest BCUT2D eigenvalue weighted by molar-refractivity contribution is -0.384. The average molecular weight is 1030 g/mol. The average Bonchev–Trinajstić information content (AvgIpc) is 3.41. The second-order valence-electron chi connectivity index (χ2n) is 19.6. The SMILES string of the molecule is C=CCO[C@@]12Oc3ccc(Oc4cccc(C=O)c4)cc3[C@H]3[C@H](CCCCO)[C@@H](CCCCO)C=C(C(=NOCc4ccc([N+](=O)[O-])cc4)C[C@@H]1N(CCOCCO)C(=O)OCCCCCCCCCCCC)[C@H]32. The zero-order chi connectivity index (χ0) is 52.5. The molecular weight excluding hydrogens is 947 g/mol. The van der Waals surface area contributed by atoms with Crippen molar-refractivity contribution in [1.29, 1.82) is 0 Å². The van der Waals surface area contributed by atoms with Crippen LogP contribution in [0.15, 0.2) is 96.2 Å². The van der Waals surface area contributed by atoms with Gasteiger partial charge in [-0.05, 0) is 97.5 Å². The van der Waals surface area contributed by atoms with Crippen LogP contribution in [0.4, 0.5) is 10.5 Å². The predicted octanol–water partition coefficient (Wildman–Crippen LogP) is 11.4. The van der Waals surface area contributed by atoms with Crippen molar-refractivity contribution < 1.29 is 58.4 Å². The molecule has 0 radical (unpaired) electrons. The molecule has 0 bridgehead atoms. The number of benzene rings is 3. The van der Waals surface area contributed by atoms with E-state index in [4.69, 9.17) is 33.7 Å². The Morgan fingerprint density at radius 1 is 0.865 bits per heavy atom. The fourth-order valence-electron chi connectivity index (χ4n) is 10.9. The number of aliphatic hydroxyl groups is 3. The van der Waals surface area contributed by atoms with Gasteiger partial charge in [0.15, 0.2) is 0 Å². The number of rotatable bonds is 35. The quantitative estimate of drug-likeness (QED) is 0.0165. The number of nitro groups is 1. The van der Waals surface area contributed by atoms with Crippen molar-refractivity contribution in [2.24, 2.45) is 22.9 Å². The Morgan fingerprint density at radius 3 is 2.27 bits per heavy atom. The van der Waals surface area contributed by atoms with E-state index in [1.54, 1.807) is 47.4 Å². The predicted molar refractivity (Wildman–Crippen MR) is 283 cm³/mol. The van der Waals surface area contributed by atoms with E-state index in [2.05, 4.69) is 19.6 Å². The molecule has 0 spiro atoms. The van der Waals surface area contributed by atoms with Crippen molar-refractivity contribution in [3.8, 4) is 17.2 Å². The number of hydrogen-bond acceptors (Lipinski definition) is 14. The monoisotopic (exact) mass is 1030 g/mol. The number of oxime groups is 1. The van der Waals surface area contributed by atoms with Gasteiger partial charge in [-0.25, -0.2) is 4.79 Å². The molecule has 16 nitrogen and oxygen atoms in total. The summed E-state index contributed by atoms with van der Waals surface area (Å²) in [5, 5.41) is 46.1. The van der Waals surface area contributed by atoms with Crippen molar-refractivity contribution in [2.75, 3.05) is 52.8 Å². The van der Waals surface area contributed by atoms with Crippen molar-refractivity contribution in [2.45, 2.75) is 140 Å². The second kappa shape index (κ2) is 30.7. The van der Waals surface area contributed by atoms with Gasteiger partial charge in [0.25, 0.3) is 5.69 Å². The summed E-state index contributed by atoms with van der Waals surface area (Å²) in [4.78, 5) is 45.5. The largest absolute Gasteiger partial charge is 0.459 e. The van der Waals surface area contributed by atoms with Gasteiger partial charge < -0.3 is 43.8 Å². The van der Waals surface area contributed by atoms with Gasteiger partial charge in [-0.2, -0.15) is 0 Å². The minimum Gasteiger partial charge on any atom is -0.459 e. The topological polar surface area (TPSA) is 209 Å². The molecule has 0 aromatic heterocycles. The van der Waals surface area contributed by atoms with E-state index in [-0.39, 0.29) is 89.3 Å². The fourth-order valence-corrected chi connectivity index (χ4v) is 10.9. The van der Waals surface area contributed by atoms with Gasteiger partial charge in [-0.15, -0.1) is 6.58 Å². The third kappa shape index (κ3) is 15.7. The summed E-state index contributed by atoms with van der Waals surface area (Å²) in [5.41, 5.74) is 3.30.